The number of nitrogens with one attached hydrogen (secondary N) is 1. The van der Waals surface area contributed by atoms with Crippen LogP contribution in [0.1, 0.15) is 21.7 Å². The fourth-order valence-corrected chi connectivity index (χ4v) is 4.84. The summed E-state index contributed by atoms with van der Waals surface area (Å²) >= 11 is 3.30. The third kappa shape index (κ3) is 5.45. The smallest absolute Gasteiger partial charge is 0.238 e. The predicted molar refractivity (Wildman–Crippen MR) is 115 cm³/mol. The molecule has 0 unspecified atom stereocenters. The second-order valence-electron chi connectivity index (χ2n) is 6.46. The van der Waals surface area contributed by atoms with Gasteiger partial charge in [0.25, 0.3) is 0 Å². The van der Waals surface area contributed by atoms with E-state index in [4.69, 9.17) is 0 Å². The van der Waals surface area contributed by atoms with Gasteiger partial charge in [-0.1, -0.05) is 54.6 Å². The number of amides is 1. The van der Waals surface area contributed by atoms with E-state index in [1.54, 1.807) is 23.1 Å². The number of hydrogen-bond acceptors (Lipinski definition) is 4. The molecule has 2 atom stereocenters. The van der Waals surface area contributed by atoms with Crippen LogP contribution in [0.5, 0.6) is 0 Å². The molecule has 0 radical (unpaired) electrons. The van der Waals surface area contributed by atoms with Crippen molar-refractivity contribution in [3.8, 4) is 0 Å². The number of carbonyl (C=O) groups is 1. The van der Waals surface area contributed by atoms with Crippen LogP contribution >= 0.6 is 23.1 Å². The highest BCUT2D eigenvalue weighted by Crippen LogP contribution is 2.35. The first-order chi connectivity index (χ1) is 13.1. The molecular weight excluding hydrogens is 372 g/mol. The van der Waals surface area contributed by atoms with Crippen molar-refractivity contribution in [2.24, 2.45) is 0 Å². The molecule has 5 heteroatoms. The fraction of sp³-hybridized carbons (Fsp3) is 0.227. The topological polar surface area (TPSA) is 32.3 Å². The average molecular weight is 397 g/mol. The maximum atomic E-state index is 13.1. The van der Waals surface area contributed by atoms with Gasteiger partial charge in [0.2, 0.25) is 5.91 Å². The number of hydrogen-bond donors (Lipinski definition) is 1. The SMILES string of the molecule is CN(C)[C@@H](CNC(=O)[C@@H](Sc1ccccc1)c1ccccc1)c1cccs1. The molecule has 0 fully saturated rings. The van der Waals surface area contributed by atoms with Gasteiger partial charge in [-0.05, 0) is 43.2 Å². The van der Waals surface area contributed by atoms with Gasteiger partial charge in [-0.2, -0.15) is 0 Å². The van der Waals surface area contributed by atoms with E-state index >= 15 is 0 Å². The van der Waals surface area contributed by atoms with E-state index < -0.39 is 0 Å². The Morgan fingerprint density at radius 1 is 1.00 bits per heavy atom. The summed E-state index contributed by atoms with van der Waals surface area (Å²) in [7, 11) is 4.09. The molecule has 0 saturated heterocycles. The molecule has 0 aliphatic heterocycles. The van der Waals surface area contributed by atoms with Gasteiger partial charge < -0.3 is 10.2 Å². The van der Waals surface area contributed by atoms with Crippen LogP contribution < -0.4 is 5.32 Å². The van der Waals surface area contributed by atoms with Crippen LogP contribution in [0.4, 0.5) is 0 Å². The first-order valence-electron chi connectivity index (χ1n) is 8.89. The van der Waals surface area contributed by atoms with Crippen molar-refractivity contribution in [2.75, 3.05) is 20.6 Å². The summed E-state index contributed by atoms with van der Waals surface area (Å²) in [6, 6.07) is 24.4. The Hall–Kier alpha value is -2.08. The van der Waals surface area contributed by atoms with Crippen LogP contribution in [-0.2, 0) is 4.79 Å². The molecule has 0 spiro atoms. The van der Waals surface area contributed by atoms with E-state index in [0.29, 0.717) is 6.54 Å². The summed E-state index contributed by atoms with van der Waals surface area (Å²) < 4.78 is 0. The van der Waals surface area contributed by atoms with Gasteiger partial charge >= 0.3 is 0 Å². The summed E-state index contributed by atoms with van der Waals surface area (Å²) in [6.07, 6.45) is 0. The monoisotopic (exact) mass is 396 g/mol. The highest BCUT2D eigenvalue weighted by atomic mass is 32.2. The van der Waals surface area contributed by atoms with Gasteiger partial charge in [-0.3, -0.25) is 4.79 Å². The van der Waals surface area contributed by atoms with Crippen molar-refractivity contribution in [2.45, 2.75) is 16.2 Å². The molecule has 1 N–H and O–H groups in total. The first-order valence-corrected chi connectivity index (χ1v) is 10.7. The Balaban J connectivity index is 1.74. The zero-order chi connectivity index (χ0) is 19.1. The van der Waals surface area contributed by atoms with Gasteiger partial charge in [0, 0.05) is 16.3 Å². The van der Waals surface area contributed by atoms with Gasteiger partial charge in [0.15, 0.2) is 0 Å². The van der Waals surface area contributed by atoms with Crippen LogP contribution in [0.3, 0.4) is 0 Å². The first kappa shape index (κ1) is 19.7. The van der Waals surface area contributed by atoms with Crippen molar-refractivity contribution in [3.05, 3.63) is 88.6 Å². The number of nitrogens with zero attached hydrogens (tertiary/aromatic N) is 1. The van der Waals surface area contributed by atoms with Crippen LogP contribution in [-0.4, -0.2) is 31.4 Å². The third-order valence-electron chi connectivity index (χ3n) is 4.30. The summed E-state index contributed by atoms with van der Waals surface area (Å²) in [4.78, 5) is 17.6. The molecule has 0 saturated carbocycles. The highest BCUT2D eigenvalue weighted by Gasteiger charge is 2.24. The van der Waals surface area contributed by atoms with Gasteiger partial charge in [0.1, 0.15) is 5.25 Å². The van der Waals surface area contributed by atoms with E-state index in [2.05, 4.69) is 27.7 Å². The number of rotatable bonds is 8. The minimum atomic E-state index is -0.278. The summed E-state index contributed by atoms with van der Waals surface area (Å²) in [6.45, 7) is 0.588. The molecule has 0 aliphatic rings. The number of benzene rings is 2. The zero-order valence-electron chi connectivity index (χ0n) is 15.5. The molecule has 0 bridgehead atoms. The lowest BCUT2D eigenvalue weighted by atomic mass is 10.1. The molecule has 1 aromatic heterocycles. The quantitative estimate of drug-likeness (QED) is 0.544. The van der Waals surface area contributed by atoms with Gasteiger partial charge in [-0.25, -0.2) is 0 Å². The Labute approximate surface area is 169 Å². The van der Waals surface area contributed by atoms with Crippen LogP contribution in [0.25, 0.3) is 0 Å². The molecule has 3 rings (SSSR count). The Morgan fingerprint density at radius 3 is 2.26 bits per heavy atom. The fourth-order valence-electron chi connectivity index (χ4n) is 2.84. The van der Waals surface area contributed by atoms with E-state index in [1.165, 1.54) is 4.88 Å². The number of likely N-dealkylation sites (N-methyl/N-ethyl adjacent to an activating group) is 1. The molecule has 3 nitrogen and oxygen atoms in total. The number of thiophene rings is 1. The van der Waals surface area contributed by atoms with Crippen molar-refractivity contribution >= 4 is 29.0 Å². The molecule has 3 aromatic rings. The number of carbonyl (C=O) groups excluding carboxylic acids is 1. The standard InChI is InChI=1S/C22H24N2OS2/c1-24(2)19(20-14-9-15-26-20)16-23-22(25)21(17-10-5-3-6-11-17)27-18-12-7-4-8-13-18/h3-15,19,21H,16H2,1-2H3,(H,23,25)/t19-,21-/m0/s1. The zero-order valence-corrected chi connectivity index (χ0v) is 17.2. The lowest BCUT2D eigenvalue weighted by molar-refractivity contribution is -0.120. The minimum absolute atomic E-state index is 0.0402. The van der Waals surface area contributed by atoms with Crippen LogP contribution in [0.15, 0.2) is 83.1 Å². The third-order valence-corrected chi connectivity index (χ3v) is 6.54. The minimum Gasteiger partial charge on any atom is -0.353 e. The van der Waals surface area contributed by atoms with Crippen molar-refractivity contribution in [1.82, 2.24) is 10.2 Å². The van der Waals surface area contributed by atoms with Gasteiger partial charge in [0.05, 0.1) is 6.04 Å². The average Bonchev–Trinajstić information content (AvgIpc) is 3.22. The van der Waals surface area contributed by atoms with Crippen molar-refractivity contribution in [3.63, 3.8) is 0 Å². The second kappa shape index (κ2) is 9.74. The van der Waals surface area contributed by atoms with Gasteiger partial charge in [-0.15, -0.1) is 23.1 Å². The molecule has 2 aromatic carbocycles. The summed E-state index contributed by atoms with van der Waals surface area (Å²) in [5.41, 5.74) is 1.02. The molecule has 140 valence electrons. The second-order valence-corrected chi connectivity index (χ2v) is 8.62. The maximum Gasteiger partial charge on any atom is 0.238 e. The normalized spacial score (nSPS) is 13.3. The van der Waals surface area contributed by atoms with E-state index in [-0.39, 0.29) is 17.2 Å². The number of thioether (sulfide) groups is 1. The van der Waals surface area contributed by atoms with E-state index in [1.807, 2.05) is 74.8 Å². The lowest BCUT2D eigenvalue weighted by Crippen LogP contribution is -2.36. The van der Waals surface area contributed by atoms with Crippen LogP contribution in [0.2, 0.25) is 0 Å². The predicted octanol–water partition coefficient (Wildman–Crippen LogP) is 5.00. The van der Waals surface area contributed by atoms with Crippen LogP contribution in [0, 0.1) is 0 Å². The lowest BCUT2D eigenvalue weighted by Gasteiger charge is -2.25. The molecule has 27 heavy (non-hydrogen) atoms. The van der Waals surface area contributed by atoms with Crippen molar-refractivity contribution < 1.29 is 4.79 Å². The Bertz CT molecular complexity index is 820. The van der Waals surface area contributed by atoms with E-state index in [9.17, 15) is 4.79 Å². The molecule has 0 aliphatic carbocycles. The molecular formula is C22H24N2OS2. The van der Waals surface area contributed by atoms with E-state index in [0.717, 1.165) is 10.5 Å². The highest BCUT2D eigenvalue weighted by molar-refractivity contribution is 8.00. The molecule has 1 heterocycles. The Morgan fingerprint density at radius 2 is 1.67 bits per heavy atom. The summed E-state index contributed by atoms with van der Waals surface area (Å²) in [5.74, 6) is 0.0402. The maximum absolute atomic E-state index is 13.1. The van der Waals surface area contributed by atoms with Crippen molar-refractivity contribution in [1.29, 1.82) is 0 Å². The Kier molecular flexibility index (Phi) is 7.10. The largest absolute Gasteiger partial charge is 0.353 e. The summed E-state index contributed by atoms with van der Waals surface area (Å²) in [5, 5.41) is 4.97. The molecule has 1 amide bonds.